The Hall–Kier alpha value is -1.45. The van der Waals surface area contributed by atoms with Crippen molar-refractivity contribution in [3.05, 3.63) is 35.4 Å². The summed E-state index contributed by atoms with van der Waals surface area (Å²) in [6.45, 7) is 2.81. The first-order valence-corrected chi connectivity index (χ1v) is 7.60. The summed E-state index contributed by atoms with van der Waals surface area (Å²) in [7, 11) is 3.32. The third kappa shape index (κ3) is 8.42. The van der Waals surface area contributed by atoms with Gasteiger partial charge in [0.2, 0.25) is 5.91 Å². The van der Waals surface area contributed by atoms with E-state index >= 15 is 0 Å². The molecule has 136 valence electrons. The third-order valence-corrected chi connectivity index (χ3v) is 3.14. The molecule has 0 unspecified atom stereocenters. The fourth-order valence-electron chi connectivity index (χ4n) is 1.70. The Morgan fingerprint density at radius 1 is 1.25 bits per heavy atom. The number of hydrogen-bond donors (Lipinski definition) is 2. The van der Waals surface area contributed by atoms with Gasteiger partial charge < -0.3 is 15.5 Å². The fraction of sp³-hybridized carbons (Fsp3) is 0.500. The van der Waals surface area contributed by atoms with Crippen molar-refractivity contribution in [3.8, 4) is 0 Å². The minimum Gasteiger partial charge on any atom is -0.356 e. The Kier molecular flexibility index (Phi) is 11.3. The van der Waals surface area contributed by atoms with Crippen LogP contribution >= 0.6 is 24.0 Å². The Balaban J connectivity index is 0.00000529. The SMILES string of the molecule is CCCCNC(=NCc1cc(F)ccc1F)NCC(=O)N(C)C.I. The second-order valence-electron chi connectivity index (χ2n) is 5.32. The van der Waals surface area contributed by atoms with Gasteiger partial charge in [0.1, 0.15) is 11.6 Å². The average Bonchev–Trinajstić information content (AvgIpc) is 2.52. The molecule has 2 N–H and O–H groups in total. The van der Waals surface area contributed by atoms with E-state index in [2.05, 4.69) is 22.5 Å². The van der Waals surface area contributed by atoms with Crippen LogP contribution in [0.5, 0.6) is 0 Å². The molecule has 0 aliphatic heterocycles. The van der Waals surface area contributed by atoms with Gasteiger partial charge in [0.15, 0.2) is 5.96 Å². The topological polar surface area (TPSA) is 56.7 Å². The molecule has 0 aromatic heterocycles. The van der Waals surface area contributed by atoms with Gasteiger partial charge in [-0.05, 0) is 24.6 Å². The summed E-state index contributed by atoms with van der Waals surface area (Å²) in [5, 5.41) is 5.97. The molecule has 1 aromatic rings. The summed E-state index contributed by atoms with van der Waals surface area (Å²) < 4.78 is 26.8. The van der Waals surface area contributed by atoms with Gasteiger partial charge in [0.05, 0.1) is 13.1 Å². The smallest absolute Gasteiger partial charge is 0.241 e. The molecule has 0 aliphatic carbocycles. The van der Waals surface area contributed by atoms with Gasteiger partial charge in [-0.2, -0.15) is 0 Å². The highest BCUT2D eigenvalue weighted by Gasteiger charge is 2.07. The Morgan fingerprint density at radius 3 is 2.58 bits per heavy atom. The monoisotopic (exact) mass is 454 g/mol. The maximum atomic E-state index is 13.6. The predicted molar refractivity (Wildman–Crippen MR) is 103 cm³/mol. The normalized spacial score (nSPS) is 10.8. The van der Waals surface area contributed by atoms with Crippen molar-refractivity contribution in [1.82, 2.24) is 15.5 Å². The number of unbranched alkanes of at least 4 members (excludes halogenated alkanes) is 1. The number of hydrogen-bond acceptors (Lipinski definition) is 2. The number of amides is 1. The standard InChI is InChI=1S/C16H24F2N4O.HI/c1-4-5-8-19-16(21-11-15(23)22(2)3)20-10-12-9-13(17)6-7-14(12)18;/h6-7,9H,4-5,8,10-11H2,1-3H3,(H2,19,20,21);1H. The third-order valence-electron chi connectivity index (χ3n) is 3.14. The number of benzene rings is 1. The largest absolute Gasteiger partial charge is 0.356 e. The van der Waals surface area contributed by atoms with E-state index in [9.17, 15) is 13.6 Å². The van der Waals surface area contributed by atoms with Crippen LogP contribution in [0.4, 0.5) is 8.78 Å². The summed E-state index contributed by atoms with van der Waals surface area (Å²) in [5.41, 5.74) is 0.167. The van der Waals surface area contributed by atoms with E-state index in [-0.39, 0.29) is 48.5 Å². The zero-order chi connectivity index (χ0) is 17.2. The molecule has 8 heteroatoms. The fourth-order valence-corrected chi connectivity index (χ4v) is 1.70. The number of aliphatic imine (C=N–C) groups is 1. The Morgan fingerprint density at radius 2 is 1.96 bits per heavy atom. The molecule has 1 amide bonds. The van der Waals surface area contributed by atoms with Gasteiger partial charge in [0.25, 0.3) is 0 Å². The zero-order valence-electron chi connectivity index (χ0n) is 14.2. The van der Waals surface area contributed by atoms with Crippen LogP contribution in [0, 0.1) is 11.6 Å². The Bertz CT molecular complexity index is 553. The number of likely N-dealkylation sites (N-methyl/N-ethyl adjacent to an activating group) is 1. The van der Waals surface area contributed by atoms with Gasteiger partial charge in [-0.15, -0.1) is 24.0 Å². The molecule has 0 fully saturated rings. The van der Waals surface area contributed by atoms with E-state index in [0.29, 0.717) is 12.5 Å². The van der Waals surface area contributed by atoms with Crippen LogP contribution in [0.1, 0.15) is 25.3 Å². The predicted octanol–water partition coefficient (Wildman–Crippen LogP) is 2.51. The molecule has 5 nitrogen and oxygen atoms in total. The van der Waals surface area contributed by atoms with Crippen LogP contribution in [0.25, 0.3) is 0 Å². The minimum atomic E-state index is -0.507. The molecule has 1 rings (SSSR count). The maximum Gasteiger partial charge on any atom is 0.241 e. The molecule has 0 heterocycles. The Labute approximate surface area is 158 Å². The van der Waals surface area contributed by atoms with Crippen molar-refractivity contribution in [2.45, 2.75) is 26.3 Å². The zero-order valence-corrected chi connectivity index (χ0v) is 16.6. The van der Waals surface area contributed by atoms with E-state index in [1.54, 1.807) is 14.1 Å². The van der Waals surface area contributed by atoms with Crippen molar-refractivity contribution >= 4 is 35.8 Å². The maximum absolute atomic E-state index is 13.6. The summed E-state index contributed by atoms with van der Waals surface area (Å²) in [6, 6.07) is 3.26. The second kappa shape index (κ2) is 12.0. The van der Waals surface area contributed by atoms with Crippen LogP contribution < -0.4 is 10.6 Å². The number of carbonyl (C=O) groups excluding carboxylic acids is 1. The number of rotatable bonds is 7. The second-order valence-corrected chi connectivity index (χ2v) is 5.32. The summed E-state index contributed by atoms with van der Waals surface area (Å²) in [5.74, 6) is -0.718. The quantitative estimate of drug-likeness (QED) is 0.288. The van der Waals surface area contributed by atoms with Gasteiger partial charge in [-0.1, -0.05) is 13.3 Å². The van der Waals surface area contributed by atoms with Crippen molar-refractivity contribution in [2.75, 3.05) is 27.2 Å². The number of nitrogens with zero attached hydrogens (tertiary/aromatic N) is 2. The van der Waals surface area contributed by atoms with Crippen molar-refractivity contribution < 1.29 is 13.6 Å². The number of guanidine groups is 1. The highest BCUT2D eigenvalue weighted by molar-refractivity contribution is 14.0. The molecule has 0 saturated heterocycles. The first-order valence-electron chi connectivity index (χ1n) is 7.60. The first kappa shape index (κ1) is 22.6. The van der Waals surface area contributed by atoms with Crippen molar-refractivity contribution in [2.24, 2.45) is 4.99 Å². The molecule has 0 spiro atoms. The lowest BCUT2D eigenvalue weighted by atomic mass is 10.2. The van der Waals surface area contributed by atoms with E-state index in [1.165, 1.54) is 4.90 Å². The molecule has 0 aliphatic rings. The molecule has 0 atom stereocenters. The summed E-state index contributed by atoms with van der Waals surface area (Å²) in [4.78, 5) is 17.3. The number of halogens is 3. The van der Waals surface area contributed by atoms with E-state index in [4.69, 9.17) is 0 Å². The molecular formula is C16H25F2IN4O. The average molecular weight is 454 g/mol. The van der Waals surface area contributed by atoms with Crippen molar-refractivity contribution in [1.29, 1.82) is 0 Å². The summed E-state index contributed by atoms with van der Waals surface area (Å²) in [6.07, 6.45) is 1.95. The van der Waals surface area contributed by atoms with Crippen LogP contribution in [0.2, 0.25) is 0 Å². The van der Waals surface area contributed by atoms with E-state index in [1.807, 2.05) is 0 Å². The van der Waals surface area contributed by atoms with Crippen LogP contribution in [0.3, 0.4) is 0 Å². The summed E-state index contributed by atoms with van der Waals surface area (Å²) >= 11 is 0. The van der Waals surface area contributed by atoms with E-state index in [0.717, 1.165) is 31.0 Å². The molecular weight excluding hydrogens is 429 g/mol. The lowest BCUT2D eigenvalue weighted by Gasteiger charge is -2.15. The van der Waals surface area contributed by atoms with Gasteiger partial charge in [0, 0.05) is 26.2 Å². The first-order chi connectivity index (χ1) is 10.9. The van der Waals surface area contributed by atoms with Crippen LogP contribution in [0.15, 0.2) is 23.2 Å². The minimum absolute atomic E-state index is 0. The molecule has 0 bridgehead atoms. The highest BCUT2D eigenvalue weighted by atomic mass is 127. The molecule has 0 saturated carbocycles. The number of nitrogens with one attached hydrogen (secondary N) is 2. The van der Waals surface area contributed by atoms with Gasteiger partial charge >= 0.3 is 0 Å². The highest BCUT2D eigenvalue weighted by Crippen LogP contribution is 2.10. The van der Waals surface area contributed by atoms with Crippen LogP contribution in [-0.2, 0) is 11.3 Å². The molecule has 0 radical (unpaired) electrons. The molecule has 1 aromatic carbocycles. The van der Waals surface area contributed by atoms with Crippen molar-refractivity contribution in [3.63, 3.8) is 0 Å². The van der Waals surface area contributed by atoms with Crippen LogP contribution in [-0.4, -0.2) is 44.0 Å². The van der Waals surface area contributed by atoms with Gasteiger partial charge in [-0.3, -0.25) is 4.79 Å². The van der Waals surface area contributed by atoms with Gasteiger partial charge in [-0.25, -0.2) is 13.8 Å². The lowest BCUT2D eigenvalue weighted by Crippen LogP contribution is -2.43. The molecule has 24 heavy (non-hydrogen) atoms. The number of carbonyl (C=O) groups is 1. The lowest BCUT2D eigenvalue weighted by molar-refractivity contribution is -0.127. The van der Waals surface area contributed by atoms with E-state index < -0.39 is 11.6 Å².